The SMILES string of the molecule is C=CC#N.C=Cc1ccccc1.O=C1C=C(C2CCCCC2)C(=O)N1. The number of nitrogens with one attached hydrogen (secondary N) is 1. The lowest BCUT2D eigenvalue weighted by Gasteiger charge is -2.21. The van der Waals surface area contributed by atoms with Crippen molar-refractivity contribution in [2.24, 2.45) is 5.92 Å². The van der Waals surface area contributed by atoms with Crippen molar-refractivity contribution < 1.29 is 9.59 Å². The van der Waals surface area contributed by atoms with Crippen LogP contribution in [-0.4, -0.2) is 11.8 Å². The van der Waals surface area contributed by atoms with Crippen molar-refractivity contribution in [3.05, 3.63) is 66.8 Å². The van der Waals surface area contributed by atoms with Crippen LogP contribution in [0.3, 0.4) is 0 Å². The highest BCUT2D eigenvalue weighted by Crippen LogP contribution is 2.30. The average molecular weight is 336 g/mol. The van der Waals surface area contributed by atoms with Crippen LogP contribution in [0.25, 0.3) is 6.08 Å². The van der Waals surface area contributed by atoms with Gasteiger partial charge in [-0.3, -0.25) is 14.9 Å². The number of nitrogens with zero attached hydrogens (tertiary/aromatic N) is 1. The fourth-order valence-electron chi connectivity index (χ4n) is 2.73. The van der Waals surface area contributed by atoms with Crippen molar-refractivity contribution in [3.8, 4) is 6.07 Å². The molecule has 0 radical (unpaired) electrons. The van der Waals surface area contributed by atoms with Gasteiger partial charge in [-0.1, -0.05) is 68.8 Å². The summed E-state index contributed by atoms with van der Waals surface area (Å²) < 4.78 is 0. The third-order valence-electron chi connectivity index (χ3n) is 3.96. The molecule has 1 aromatic carbocycles. The van der Waals surface area contributed by atoms with E-state index in [0.29, 0.717) is 11.5 Å². The van der Waals surface area contributed by atoms with E-state index in [2.05, 4.69) is 18.5 Å². The van der Waals surface area contributed by atoms with Crippen molar-refractivity contribution in [1.82, 2.24) is 5.32 Å². The van der Waals surface area contributed by atoms with Crippen LogP contribution >= 0.6 is 0 Å². The van der Waals surface area contributed by atoms with Gasteiger partial charge >= 0.3 is 0 Å². The number of hydrogen-bond donors (Lipinski definition) is 1. The molecule has 0 spiro atoms. The third-order valence-corrected chi connectivity index (χ3v) is 3.96. The highest BCUT2D eigenvalue weighted by molar-refractivity contribution is 6.16. The number of allylic oxidation sites excluding steroid dienone is 1. The highest BCUT2D eigenvalue weighted by atomic mass is 16.2. The molecule has 0 saturated heterocycles. The quantitative estimate of drug-likeness (QED) is 0.651. The van der Waals surface area contributed by atoms with Crippen LogP contribution in [0.15, 0.2) is 61.2 Å². The number of amides is 2. The Morgan fingerprint density at radius 1 is 1.08 bits per heavy atom. The Kier molecular flexibility index (Phi) is 9.32. The molecule has 1 aliphatic carbocycles. The van der Waals surface area contributed by atoms with Crippen LogP contribution in [-0.2, 0) is 9.59 Å². The van der Waals surface area contributed by atoms with E-state index in [1.807, 2.05) is 36.4 Å². The summed E-state index contributed by atoms with van der Waals surface area (Å²) in [7, 11) is 0. The molecule has 2 amide bonds. The smallest absolute Gasteiger partial charge is 0.254 e. The van der Waals surface area contributed by atoms with E-state index in [9.17, 15) is 9.59 Å². The van der Waals surface area contributed by atoms with Gasteiger partial charge in [0.25, 0.3) is 11.8 Å². The molecule has 1 heterocycles. The van der Waals surface area contributed by atoms with Crippen LogP contribution in [0.1, 0.15) is 37.7 Å². The van der Waals surface area contributed by atoms with Crippen LogP contribution in [0.4, 0.5) is 0 Å². The normalized spacial score (nSPS) is 16.0. The first-order valence-corrected chi connectivity index (χ1v) is 8.37. The lowest BCUT2D eigenvalue weighted by molar-refractivity contribution is -0.124. The van der Waals surface area contributed by atoms with Gasteiger partial charge in [0.1, 0.15) is 0 Å². The number of carbonyl (C=O) groups excluding carboxylic acids is 2. The zero-order valence-electron chi connectivity index (χ0n) is 14.4. The Bertz CT molecular complexity index is 663. The molecule has 1 aromatic rings. The van der Waals surface area contributed by atoms with Gasteiger partial charge in [0.15, 0.2) is 0 Å². The van der Waals surface area contributed by atoms with Gasteiger partial charge < -0.3 is 0 Å². The maximum Gasteiger partial charge on any atom is 0.254 e. The first kappa shape index (κ1) is 20.1. The second-order valence-electron chi connectivity index (χ2n) is 5.70. The minimum atomic E-state index is -0.245. The lowest BCUT2D eigenvalue weighted by atomic mass is 9.84. The van der Waals surface area contributed by atoms with E-state index in [-0.39, 0.29) is 11.8 Å². The van der Waals surface area contributed by atoms with E-state index in [4.69, 9.17) is 5.26 Å². The van der Waals surface area contributed by atoms with Crippen LogP contribution in [0.2, 0.25) is 0 Å². The summed E-state index contributed by atoms with van der Waals surface area (Å²) in [4.78, 5) is 22.2. The van der Waals surface area contributed by atoms with Gasteiger partial charge in [-0.05, 0) is 24.3 Å². The summed E-state index contributed by atoms with van der Waals surface area (Å²) >= 11 is 0. The summed E-state index contributed by atoms with van der Waals surface area (Å²) in [6, 6.07) is 11.7. The Labute approximate surface area is 149 Å². The first-order valence-electron chi connectivity index (χ1n) is 8.37. The van der Waals surface area contributed by atoms with E-state index in [0.717, 1.165) is 12.8 Å². The summed E-state index contributed by atoms with van der Waals surface area (Å²) in [5.74, 6) is -0.0809. The van der Waals surface area contributed by atoms with E-state index in [1.165, 1.54) is 37.0 Å². The Morgan fingerprint density at radius 2 is 1.68 bits per heavy atom. The van der Waals surface area contributed by atoms with Gasteiger partial charge in [0.2, 0.25) is 0 Å². The molecule has 0 bridgehead atoms. The number of imide groups is 1. The van der Waals surface area contributed by atoms with E-state index in [1.54, 1.807) is 6.07 Å². The van der Waals surface area contributed by atoms with Crippen molar-refractivity contribution in [1.29, 1.82) is 5.26 Å². The monoisotopic (exact) mass is 336 g/mol. The topological polar surface area (TPSA) is 70.0 Å². The molecule has 1 N–H and O–H groups in total. The number of hydrogen-bond acceptors (Lipinski definition) is 3. The molecule has 0 atom stereocenters. The molecule has 4 nitrogen and oxygen atoms in total. The molecule has 1 saturated carbocycles. The van der Waals surface area contributed by atoms with Crippen LogP contribution in [0.5, 0.6) is 0 Å². The molecule has 1 aliphatic heterocycles. The number of nitriles is 1. The minimum Gasteiger partial charge on any atom is -0.289 e. The summed E-state index contributed by atoms with van der Waals surface area (Å²) in [5.41, 5.74) is 1.89. The summed E-state index contributed by atoms with van der Waals surface area (Å²) in [6.45, 7) is 6.75. The zero-order chi connectivity index (χ0) is 18.5. The predicted octanol–water partition coefficient (Wildman–Crippen LogP) is 4.18. The van der Waals surface area contributed by atoms with Crippen molar-refractivity contribution in [3.63, 3.8) is 0 Å². The van der Waals surface area contributed by atoms with Crippen molar-refractivity contribution in [2.75, 3.05) is 0 Å². The molecule has 130 valence electrons. The second-order valence-corrected chi connectivity index (χ2v) is 5.70. The molecular weight excluding hydrogens is 312 g/mol. The lowest BCUT2D eigenvalue weighted by Crippen LogP contribution is -2.24. The molecule has 2 aliphatic rings. The third kappa shape index (κ3) is 7.45. The van der Waals surface area contributed by atoms with E-state index < -0.39 is 0 Å². The maximum atomic E-state index is 11.3. The highest BCUT2D eigenvalue weighted by Gasteiger charge is 2.28. The van der Waals surface area contributed by atoms with Gasteiger partial charge in [-0.15, -0.1) is 0 Å². The fourth-order valence-corrected chi connectivity index (χ4v) is 2.73. The largest absolute Gasteiger partial charge is 0.289 e. The van der Waals surface area contributed by atoms with Crippen LogP contribution < -0.4 is 5.32 Å². The zero-order valence-corrected chi connectivity index (χ0v) is 14.4. The molecular formula is C21H24N2O2. The van der Waals surface area contributed by atoms with Gasteiger partial charge in [-0.25, -0.2) is 0 Å². The number of carbonyl (C=O) groups is 2. The molecule has 4 heteroatoms. The van der Waals surface area contributed by atoms with Gasteiger partial charge in [0.05, 0.1) is 6.07 Å². The van der Waals surface area contributed by atoms with Crippen molar-refractivity contribution in [2.45, 2.75) is 32.1 Å². The Hall–Kier alpha value is -2.93. The summed E-state index contributed by atoms with van der Waals surface area (Å²) in [5, 5.41) is 9.80. The number of benzene rings is 1. The number of rotatable bonds is 2. The maximum absolute atomic E-state index is 11.3. The average Bonchev–Trinajstić information content (AvgIpc) is 3.02. The molecule has 1 fully saturated rings. The van der Waals surface area contributed by atoms with Gasteiger partial charge in [-0.2, -0.15) is 5.26 Å². The van der Waals surface area contributed by atoms with Crippen molar-refractivity contribution >= 4 is 17.9 Å². The standard InChI is InChI=1S/C10H13NO2.C8H8.C3H3N/c12-9-6-8(10(13)11-9)7-4-2-1-3-5-7;1-2-8-6-4-3-5-7-8;1-2-3-4/h6-7H,1-5H2,(H,11,12,13);2-7H,1H2;2H,1H2. The second kappa shape index (κ2) is 11.6. The van der Waals surface area contributed by atoms with E-state index >= 15 is 0 Å². The van der Waals surface area contributed by atoms with Crippen LogP contribution in [0, 0.1) is 17.2 Å². The fraction of sp³-hybridized carbons (Fsp3) is 0.286. The molecule has 25 heavy (non-hydrogen) atoms. The Morgan fingerprint density at radius 3 is 2.08 bits per heavy atom. The minimum absolute atomic E-state index is 0.170. The molecule has 3 rings (SSSR count). The first-order chi connectivity index (χ1) is 12.1. The van der Waals surface area contributed by atoms with Gasteiger partial charge in [0, 0.05) is 17.7 Å². The predicted molar refractivity (Wildman–Crippen MR) is 100 cm³/mol. The Balaban J connectivity index is 0.000000223. The summed E-state index contributed by atoms with van der Waals surface area (Å²) in [6.07, 6.45) is 10.2. The molecule has 0 unspecified atom stereocenters. The molecule has 0 aromatic heterocycles.